The van der Waals surface area contributed by atoms with Gasteiger partial charge in [-0.05, 0) is 19.4 Å². The van der Waals surface area contributed by atoms with Crippen molar-refractivity contribution >= 4 is 5.82 Å². The van der Waals surface area contributed by atoms with Gasteiger partial charge >= 0.3 is 0 Å². The fourth-order valence-corrected chi connectivity index (χ4v) is 1.88. The Balaban J connectivity index is 2.41. The minimum atomic E-state index is -0.734. The number of benzene rings is 1. The molecule has 0 bridgehead atoms. The Kier molecular flexibility index (Phi) is 2.90. The SMILES string of the molecule is CC(C)(O)Cc1ccccc1-c1cc(N)n[nH]1. The summed E-state index contributed by atoms with van der Waals surface area (Å²) in [7, 11) is 0. The van der Waals surface area contributed by atoms with Gasteiger partial charge in [-0.15, -0.1) is 0 Å². The first-order valence-corrected chi connectivity index (χ1v) is 5.57. The van der Waals surface area contributed by atoms with E-state index < -0.39 is 5.60 Å². The van der Waals surface area contributed by atoms with Crippen molar-refractivity contribution in [2.45, 2.75) is 25.9 Å². The van der Waals surface area contributed by atoms with Crippen LogP contribution in [0.5, 0.6) is 0 Å². The van der Waals surface area contributed by atoms with Gasteiger partial charge in [-0.1, -0.05) is 24.3 Å². The summed E-state index contributed by atoms with van der Waals surface area (Å²) in [5.41, 5.74) is 7.84. The maximum atomic E-state index is 9.90. The quantitative estimate of drug-likeness (QED) is 0.756. The highest BCUT2D eigenvalue weighted by Gasteiger charge is 2.16. The summed E-state index contributed by atoms with van der Waals surface area (Å²) >= 11 is 0. The molecular weight excluding hydrogens is 214 g/mol. The molecule has 4 nitrogen and oxygen atoms in total. The van der Waals surface area contributed by atoms with Crippen molar-refractivity contribution < 1.29 is 5.11 Å². The second kappa shape index (κ2) is 4.22. The number of rotatable bonds is 3. The van der Waals surface area contributed by atoms with Crippen LogP contribution >= 0.6 is 0 Å². The minimum Gasteiger partial charge on any atom is -0.390 e. The highest BCUT2D eigenvalue weighted by molar-refractivity contribution is 5.66. The Labute approximate surface area is 100 Å². The van der Waals surface area contributed by atoms with E-state index in [0.29, 0.717) is 12.2 Å². The van der Waals surface area contributed by atoms with E-state index in [9.17, 15) is 5.11 Å². The smallest absolute Gasteiger partial charge is 0.145 e. The standard InChI is InChI=1S/C13H17N3O/c1-13(2,17)8-9-5-3-4-6-10(9)11-7-12(14)16-15-11/h3-7,17H,8H2,1-2H3,(H3,14,15,16). The van der Waals surface area contributed by atoms with E-state index in [2.05, 4.69) is 10.2 Å². The van der Waals surface area contributed by atoms with Gasteiger partial charge in [0.2, 0.25) is 0 Å². The fourth-order valence-electron chi connectivity index (χ4n) is 1.88. The van der Waals surface area contributed by atoms with Crippen molar-refractivity contribution in [2.75, 3.05) is 5.73 Å². The molecule has 0 saturated heterocycles. The number of nitrogens with zero attached hydrogens (tertiary/aromatic N) is 1. The van der Waals surface area contributed by atoms with Crippen LogP contribution in [0.15, 0.2) is 30.3 Å². The van der Waals surface area contributed by atoms with E-state index in [-0.39, 0.29) is 0 Å². The number of nitrogens with two attached hydrogens (primary N) is 1. The van der Waals surface area contributed by atoms with Crippen LogP contribution in [0.2, 0.25) is 0 Å². The Morgan fingerprint density at radius 2 is 2.06 bits per heavy atom. The minimum absolute atomic E-state index is 0.470. The second-order valence-corrected chi connectivity index (χ2v) is 4.85. The maximum Gasteiger partial charge on any atom is 0.145 e. The normalized spacial score (nSPS) is 11.7. The lowest BCUT2D eigenvalue weighted by molar-refractivity contribution is 0.0811. The summed E-state index contributed by atoms with van der Waals surface area (Å²) in [4.78, 5) is 0. The van der Waals surface area contributed by atoms with Crippen LogP contribution < -0.4 is 5.73 Å². The number of anilines is 1. The number of nitrogen functional groups attached to an aromatic ring is 1. The molecule has 1 aromatic heterocycles. The van der Waals surface area contributed by atoms with Crippen molar-refractivity contribution in [1.82, 2.24) is 10.2 Å². The number of aromatic nitrogens is 2. The van der Waals surface area contributed by atoms with Crippen LogP contribution in [0.1, 0.15) is 19.4 Å². The number of nitrogens with one attached hydrogen (secondary N) is 1. The lowest BCUT2D eigenvalue weighted by Crippen LogP contribution is -2.22. The van der Waals surface area contributed by atoms with Gasteiger partial charge in [-0.25, -0.2) is 0 Å². The maximum absolute atomic E-state index is 9.90. The Hall–Kier alpha value is -1.81. The molecule has 4 N–H and O–H groups in total. The molecule has 2 rings (SSSR count). The molecule has 17 heavy (non-hydrogen) atoms. The molecular formula is C13H17N3O. The van der Waals surface area contributed by atoms with Crippen LogP contribution in [-0.4, -0.2) is 20.9 Å². The first kappa shape index (κ1) is 11.7. The molecule has 0 fully saturated rings. The third-order valence-electron chi connectivity index (χ3n) is 2.53. The van der Waals surface area contributed by atoms with Crippen LogP contribution in [0.25, 0.3) is 11.3 Å². The lowest BCUT2D eigenvalue weighted by atomic mass is 9.93. The number of hydrogen-bond donors (Lipinski definition) is 3. The molecule has 0 aliphatic heterocycles. The molecule has 0 spiro atoms. The molecule has 0 aliphatic carbocycles. The zero-order chi connectivity index (χ0) is 12.5. The van der Waals surface area contributed by atoms with E-state index in [4.69, 9.17) is 5.73 Å². The van der Waals surface area contributed by atoms with Gasteiger partial charge in [0.05, 0.1) is 11.3 Å². The molecule has 2 aromatic rings. The van der Waals surface area contributed by atoms with E-state index in [0.717, 1.165) is 16.8 Å². The summed E-state index contributed by atoms with van der Waals surface area (Å²) in [6, 6.07) is 9.71. The fraction of sp³-hybridized carbons (Fsp3) is 0.308. The Morgan fingerprint density at radius 3 is 2.65 bits per heavy atom. The zero-order valence-electron chi connectivity index (χ0n) is 10.1. The first-order chi connectivity index (χ1) is 7.96. The predicted molar refractivity (Wildman–Crippen MR) is 68.4 cm³/mol. The molecule has 0 atom stereocenters. The van der Waals surface area contributed by atoms with Gasteiger partial charge < -0.3 is 10.8 Å². The monoisotopic (exact) mass is 231 g/mol. The highest BCUT2D eigenvalue weighted by atomic mass is 16.3. The number of hydrogen-bond acceptors (Lipinski definition) is 3. The molecule has 90 valence electrons. The Morgan fingerprint density at radius 1 is 1.35 bits per heavy atom. The molecule has 0 amide bonds. The van der Waals surface area contributed by atoms with Crippen molar-refractivity contribution in [1.29, 1.82) is 0 Å². The van der Waals surface area contributed by atoms with E-state index in [1.54, 1.807) is 19.9 Å². The predicted octanol–water partition coefficient (Wildman–Crippen LogP) is 1.97. The molecule has 0 unspecified atom stereocenters. The van der Waals surface area contributed by atoms with Gasteiger partial charge in [-0.2, -0.15) is 5.10 Å². The molecule has 0 saturated carbocycles. The summed E-state index contributed by atoms with van der Waals surface area (Å²) in [5, 5.41) is 16.7. The largest absolute Gasteiger partial charge is 0.390 e. The average Bonchev–Trinajstić information content (AvgIpc) is 2.63. The molecule has 0 aliphatic rings. The van der Waals surface area contributed by atoms with Crippen LogP contribution in [-0.2, 0) is 6.42 Å². The zero-order valence-corrected chi connectivity index (χ0v) is 10.1. The summed E-state index contributed by atoms with van der Waals surface area (Å²) in [6.07, 6.45) is 0.585. The van der Waals surface area contributed by atoms with Gasteiger partial charge in [0.25, 0.3) is 0 Å². The molecule has 1 aromatic carbocycles. The van der Waals surface area contributed by atoms with Gasteiger partial charge in [0, 0.05) is 18.1 Å². The number of aliphatic hydroxyl groups is 1. The summed E-state index contributed by atoms with van der Waals surface area (Å²) < 4.78 is 0. The second-order valence-electron chi connectivity index (χ2n) is 4.85. The van der Waals surface area contributed by atoms with Gasteiger partial charge in [0.15, 0.2) is 0 Å². The average molecular weight is 231 g/mol. The van der Waals surface area contributed by atoms with Gasteiger partial charge in [-0.3, -0.25) is 5.10 Å². The Bertz CT molecular complexity index is 511. The molecule has 0 radical (unpaired) electrons. The topological polar surface area (TPSA) is 74.9 Å². The van der Waals surface area contributed by atoms with E-state index in [1.165, 1.54) is 0 Å². The van der Waals surface area contributed by atoms with Crippen molar-refractivity contribution in [3.05, 3.63) is 35.9 Å². The van der Waals surface area contributed by atoms with Crippen LogP contribution in [0, 0.1) is 0 Å². The van der Waals surface area contributed by atoms with Crippen molar-refractivity contribution in [3.63, 3.8) is 0 Å². The third-order valence-corrected chi connectivity index (χ3v) is 2.53. The van der Waals surface area contributed by atoms with Crippen LogP contribution in [0.4, 0.5) is 5.82 Å². The first-order valence-electron chi connectivity index (χ1n) is 5.57. The van der Waals surface area contributed by atoms with E-state index >= 15 is 0 Å². The summed E-state index contributed by atoms with van der Waals surface area (Å²) in [6.45, 7) is 3.59. The van der Waals surface area contributed by atoms with Crippen molar-refractivity contribution in [2.24, 2.45) is 0 Å². The van der Waals surface area contributed by atoms with Gasteiger partial charge in [0.1, 0.15) is 5.82 Å². The van der Waals surface area contributed by atoms with Crippen LogP contribution in [0.3, 0.4) is 0 Å². The number of H-pyrrole nitrogens is 1. The number of aromatic amines is 1. The summed E-state index contributed by atoms with van der Waals surface area (Å²) in [5.74, 6) is 0.470. The highest BCUT2D eigenvalue weighted by Crippen LogP contribution is 2.25. The van der Waals surface area contributed by atoms with E-state index in [1.807, 2.05) is 24.3 Å². The lowest BCUT2D eigenvalue weighted by Gasteiger charge is -2.18. The molecule has 4 heteroatoms. The molecule has 1 heterocycles. The third kappa shape index (κ3) is 2.85. The van der Waals surface area contributed by atoms with Crippen molar-refractivity contribution in [3.8, 4) is 11.3 Å².